The van der Waals surface area contributed by atoms with Gasteiger partial charge in [-0.25, -0.2) is 0 Å². The molecule has 7 aliphatic rings. The van der Waals surface area contributed by atoms with Crippen molar-refractivity contribution in [3.05, 3.63) is 11.6 Å². The molecule has 0 radical (unpaired) electrons. The molecule has 3 saturated carbocycles. The van der Waals surface area contributed by atoms with Crippen LogP contribution in [0.2, 0.25) is 0 Å². The van der Waals surface area contributed by atoms with Gasteiger partial charge in [0.15, 0.2) is 18.9 Å². The summed E-state index contributed by atoms with van der Waals surface area (Å²) in [7, 11) is 0. The Morgan fingerprint density at radius 2 is 1.31 bits per heavy atom. The van der Waals surface area contributed by atoms with Crippen molar-refractivity contribution in [3.8, 4) is 0 Å². The molecule has 0 amide bonds. The highest BCUT2D eigenvalue weighted by Crippen LogP contribution is 2.68. The third-order valence-electron chi connectivity index (χ3n) is 16.8. The average Bonchev–Trinajstić information content (AvgIpc) is 3.53. The van der Waals surface area contributed by atoms with E-state index in [0.29, 0.717) is 25.2 Å². The van der Waals surface area contributed by atoms with E-state index in [1.54, 1.807) is 6.92 Å². The van der Waals surface area contributed by atoms with Crippen LogP contribution in [0, 0.1) is 46.3 Å². The Labute approximate surface area is 364 Å². The monoisotopic (exact) mass is 889 g/mol. The fourth-order valence-corrected chi connectivity index (χ4v) is 13.1. The summed E-state index contributed by atoms with van der Waals surface area (Å²) >= 11 is 0. The van der Waals surface area contributed by atoms with E-state index in [2.05, 4.69) is 33.8 Å². The molecule has 0 spiro atoms. The maximum absolute atomic E-state index is 11.9. The second-order valence-electron chi connectivity index (χ2n) is 20.9. The lowest BCUT2D eigenvalue weighted by molar-refractivity contribution is -0.362. The molecule has 62 heavy (non-hydrogen) atoms. The van der Waals surface area contributed by atoms with E-state index >= 15 is 0 Å². The number of hydrogen-bond donors (Lipinski definition) is 11. The third-order valence-corrected chi connectivity index (χ3v) is 16.8. The maximum atomic E-state index is 11.9. The highest BCUT2D eigenvalue weighted by molar-refractivity contribution is 5.28. The van der Waals surface area contributed by atoms with Crippen molar-refractivity contribution in [3.63, 3.8) is 0 Å². The molecular weight excluding hydrogens is 812 g/mol. The van der Waals surface area contributed by atoms with Gasteiger partial charge in [0, 0.05) is 11.8 Å². The van der Waals surface area contributed by atoms with Gasteiger partial charge in [0.1, 0.15) is 61.0 Å². The zero-order valence-corrected chi connectivity index (χ0v) is 37.2. The maximum Gasteiger partial charge on any atom is 0.187 e. The molecule has 7 rings (SSSR count). The first-order valence-corrected chi connectivity index (χ1v) is 23.2. The molecule has 17 nitrogen and oxygen atoms in total. The Balaban J connectivity index is 1.18. The zero-order valence-electron chi connectivity index (χ0n) is 37.2. The quantitative estimate of drug-likeness (QED) is 0.114. The van der Waals surface area contributed by atoms with Crippen LogP contribution in [0.1, 0.15) is 99.8 Å². The molecule has 0 unspecified atom stereocenters. The molecule has 0 bridgehead atoms. The van der Waals surface area contributed by atoms with E-state index in [1.807, 2.05) is 6.92 Å². The highest BCUT2D eigenvalue weighted by atomic mass is 16.7. The summed E-state index contributed by atoms with van der Waals surface area (Å²) in [4.78, 5) is 0. The molecule has 26 atom stereocenters. The molecule has 11 N–H and O–H groups in total. The first-order chi connectivity index (χ1) is 29.1. The summed E-state index contributed by atoms with van der Waals surface area (Å²) in [6.45, 7) is 13.1. The molecule has 0 aromatic rings. The Bertz CT molecular complexity index is 1540. The zero-order chi connectivity index (χ0) is 45.3. The molecular formula is C45H76O17. The van der Waals surface area contributed by atoms with Crippen LogP contribution in [-0.2, 0) is 28.4 Å². The standard InChI is InChI=1S/C45H76O17/c1-18(2)8-11-27(48)19(3)31-28(59-43-39(56)40(34(51)29(17-46)60-43)62-42-38(55)36(53)33(50)21(5)58-42)16-26-24-10-9-22-14-23(47)15-30(45(22,7)25(24)12-13-44(26,31)6)61-41-37(54)35(52)32(49)20(4)57-41/h9,18-21,23-43,46-56H,8,10-17H2,1-7H3/t19-,20+,21+,23-,24-,25+,26+,27+,28+,29-,30-,31+,32+,33+,34+,35-,36-,37-,38-,39-,40+,41+,42+,43-,44+,45+/m1/s1. The van der Waals surface area contributed by atoms with Crippen molar-refractivity contribution in [1.82, 2.24) is 0 Å². The van der Waals surface area contributed by atoms with Gasteiger partial charge in [0.25, 0.3) is 0 Å². The summed E-state index contributed by atoms with van der Waals surface area (Å²) in [5.74, 6) is 0.0897. The first-order valence-electron chi connectivity index (χ1n) is 23.2. The second-order valence-corrected chi connectivity index (χ2v) is 20.9. The number of rotatable bonds is 12. The average molecular weight is 889 g/mol. The number of aliphatic hydroxyl groups is 11. The number of fused-ring (bicyclic) bond motifs is 5. The van der Waals surface area contributed by atoms with E-state index < -0.39 is 129 Å². The molecule has 17 heteroatoms. The van der Waals surface area contributed by atoms with Crippen molar-refractivity contribution in [2.24, 2.45) is 46.3 Å². The Morgan fingerprint density at radius 1 is 0.710 bits per heavy atom. The Hall–Kier alpha value is -0.940. The molecule has 4 aliphatic carbocycles. The van der Waals surface area contributed by atoms with Crippen LogP contribution in [0.15, 0.2) is 11.6 Å². The van der Waals surface area contributed by atoms with Gasteiger partial charge in [0.05, 0.1) is 43.2 Å². The van der Waals surface area contributed by atoms with Crippen molar-refractivity contribution in [2.45, 2.75) is 216 Å². The van der Waals surface area contributed by atoms with Crippen LogP contribution in [0.5, 0.6) is 0 Å². The van der Waals surface area contributed by atoms with E-state index in [9.17, 15) is 56.2 Å². The summed E-state index contributed by atoms with van der Waals surface area (Å²) < 4.78 is 37.0. The van der Waals surface area contributed by atoms with Gasteiger partial charge in [-0.05, 0) is 99.7 Å². The van der Waals surface area contributed by atoms with Gasteiger partial charge in [-0.15, -0.1) is 0 Å². The summed E-state index contributed by atoms with van der Waals surface area (Å²) in [5, 5.41) is 120. The second kappa shape index (κ2) is 19.0. The minimum absolute atomic E-state index is 0.0406. The van der Waals surface area contributed by atoms with Gasteiger partial charge in [-0.3, -0.25) is 0 Å². The van der Waals surface area contributed by atoms with Crippen LogP contribution in [0.25, 0.3) is 0 Å². The smallest absolute Gasteiger partial charge is 0.187 e. The SMILES string of the molecule is CC(C)CC[C@H](O)[C@@H](C)[C@H]1[C@@H](O[C@@H]2O[C@H](CO)[C@H](O)[C@H](O[C@@H]3O[C@@H](C)[C@H](O)[C@@H](O)[C@H]3O)[C@H]2O)C[C@H]2[C@@H]3CC=C4C[C@@H](O)C[C@@H](O[C@@H]5O[C@@H](C)[C@H](O)[C@@H](O)[C@H]5O)[C@]4(C)[C@H]3CC[C@]12C. The topological polar surface area (TPSA) is 278 Å². The predicted molar refractivity (Wildman–Crippen MR) is 218 cm³/mol. The minimum Gasteiger partial charge on any atom is -0.394 e. The molecule has 3 aliphatic heterocycles. The van der Waals surface area contributed by atoms with Crippen molar-refractivity contribution in [2.75, 3.05) is 6.61 Å². The van der Waals surface area contributed by atoms with E-state index in [-0.39, 0.29) is 41.4 Å². The summed E-state index contributed by atoms with van der Waals surface area (Å²) in [6, 6.07) is 0. The first kappa shape index (κ1) is 49.0. The van der Waals surface area contributed by atoms with Gasteiger partial charge in [-0.1, -0.05) is 46.3 Å². The van der Waals surface area contributed by atoms with Crippen molar-refractivity contribution < 1.29 is 84.6 Å². The molecule has 358 valence electrons. The van der Waals surface area contributed by atoms with Gasteiger partial charge >= 0.3 is 0 Å². The number of allylic oxidation sites excluding steroid dienone is 1. The lowest BCUT2D eigenvalue weighted by Gasteiger charge is -2.60. The summed E-state index contributed by atoms with van der Waals surface area (Å²) in [5.41, 5.74) is 0.123. The fourth-order valence-electron chi connectivity index (χ4n) is 13.1. The van der Waals surface area contributed by atoms with Gasteiger partial charge in [0.2, 0.25) is 0 Å². The fraction of sp³-hybridized carbons (Fsp3) is 0.956. The lowest BCUT2D eigenvalue weighted by Crippen LogP contribution is -2.64. The minimum atomic E-state index is -1.72. The predicted octanol–water partition coefficient (Wildman–Crippen LogP) is -0.171. The van der Waals surface area contributed by atoms with Crippen LogP contribution >= 0.6 is 0 Å². The number of ether oxygens (including phenoxy) is 6. The summed E-state index contributed by atoms with van der Waals surface area (Å²) in [6.07, 6.45) is -16.3. The Morgan fingerprint density at radius 3 is 1.90 bits per heavy atom. The van der Waals surface area contributed by atoms with Crippen LogP contribution in [0.3, 0.4) is 0 Å². The highest BCUT2D eigenvalue weighted by Gasteiger charge is 2.65. The van der Waals surface area contributed by atoms with Crippen LogP contribution < -0.4 is 0 Å². The number of aliphatic hydroxyl groups excluding tert-OH is 11. The Kier molecular flexibility index (Phi) is 15.0. The third kappa shape index (κ3) is 8.72. The largest absolute Gasteiger partial charge is 0.394 e. The lowest BCUT2D eigenvalue weighted by atomic mass is 9.46. The number of hydrogen-bond acceptors (Lipinski definition) is 17. The molecule has 0 aromatic heterocycles. The molecule has 0 aromatic carbocycles. The molecule has 6 fully saturated rings. The van der Waals surface area contributed by atoms with E-state index in [4.69, 9.17) is 28.4 Å². The van der Waals surface area contributed by atoms with Crippen LogP contribution in [0.4, 0.5) is 0 Å². The van der Waals surface area contributed by atoms with Gasteiger partial charge in [-0.2, -0.15) is 0 Å². The van der Waals surface area contributed by atoms with Crippen molar-refractivity contribution in [1.29, 1.82) is 0 Å². The normalized spacial score (nSPS) is 53.0. The van der Waals surface area contributed by atoms with Crippen molar-refractivity contribution >= 4 is 0 Å². The van der Waals surface area contributed by atoms with E-state index in [1.165, 1.54) is 6.92 Å². The molecule has 3 heterocycles. The van der Waals surface area contributed by atoms with E-state index in [0.717, 1.165) is 31.3 Å². The van der Waals surface area contributed by atoms with Crippen LogP contribution in [-0.4, -0.2) is 179 Å². The van der Waals surface area contributed by atoms with Gasteiger partial charge < -0.3 is 84.6 Å². The molecule has 3 saturated heterocycles.